The van der Waals surface area contributed by atoms with Gasteiger partial charge in [-0.3, -0.25) is 10.1 Å². The molecule has 0 saturated heterocycles. The van der Waals surface area contributed by atoms with Crippen LogP contribution in [0.15, 0.2) is 18.2 Å². The summed E-state index contributed by atoms with van der Waals surface area (Å²) in [5.74, 6) is -2.04. The lowest BCUT2D eigenvalue weighted by atomic mass is 10.2. The number of hydrogen-bond acceptors (Lipinski definition) is 5. The first-order chi connectivity index (χ1) is 9.35. The third-order valence-corrected chi connectivity index (χ3v) is 2.53. The Hall–Kier alpha value is -2.28. The van der Waals surface area contributed by atoms with Crippen LogP contribution in [0.4, 0.5) is 4.79 Å². The minimum absolute atomic E-state index is 0.169. The normalized spacial score (nSPS) is 11.3. The molecule has 108 valence electrons. The van der Waals surface area contributed by atoms with Gasteiger partial charge in [0.2, 0.25) is 0 Å². The van der Waals surface area contributed by atoms with E-state index in [9.17, 15) is 19.5 Å². The third-order valence-electron chi connectivity index (χ3n) is 2.30. The molecule has 1 atom stereocenters. The number of carbonyl (C=O) groups excluding carboxylic acids is 3. The topological polar surface area (TPSA) is 105 Å². The summed E-state index contributed by atoms with van der Waals surface area (Å²) >= 11 is 5.70. The van der Waals surface area contributed by atoms with E-state index in [4.69, 9.17) is 16.3 Å². The Balaban J connectivity index is 2.72. The average molecular weight is 301 g/mol. The lowest BCUT2D eigenvalue weighted by Gasteiger charge is -2.13. The van der Waals surface area contributed by atoms with Gasteiger partial charge in [0, 0.05) is 12.1 Å². The number of urea groups is 1. The van der Waals surface area contributed by atoms with Gasteiger partial charge in [0.15, 0.2) is 6.10 Å². The number of halogens is 1. The molecule has 0 radical (unpaired) electrons. The summed E-state index contributed by atoms with van der Waals surface area (Å²) in [4.78, 5) is 34.2. The summed E-state index contributed by atoms with van der Waals surface area (Å²) < 4.78 is 4.83. The standard InChI is InChI=1S/C12H13ClN2O5/c1-6(10(17)15-12(19)14-2)20-11(18)8-5-7(13)3-4-9(8)16/h3-6,16H,1-2H3,(H2,14,15,17,19)/t6-/m0/s1. The zero-order valence-electron chi connectivity index (χ0n) is 10.8. The number of nitrogens with one attached hydrogen (secondary N) is 2. The zero-order valence-corrected chi connectivity index (χ0v) is 11.5. The van der Waals surface area contributed by atoms with Crippen molar-refractivity contribution in [3.05, 3.63) is 28.8 Å². The highest BCUT2D eigenvalue weighted by molar-refractivity contribution is 6.31. The summed E-state index contributed by atoms with van der Waals surface area (Å²) in [7, 11) is 1.34. The van der Waals surface area contributed by atoms with Gasteiger partial charge in [-0.2, -0.15) is 0 Å². The van der Waals surface area contributed by atoms with E-state index < -0.39 is 24.0 Å². The quantitative estimate of drug-likeness (QED) is 0.724. The van der Waals surface area contributed by atoms with Crippen molar-refractivity contribution in [3.8, 4) is 5.75 Å². The second kappa shape index (κ2) is 6.76. The molecule has 0 bridgehead atoms. The van der Waals surface area contributed by atoms with E-state index in [1.54, 1.807) is 0 Å². The Kier molecular flexibility index (Phi) is 5.33. The van der Waals surface area contributed by atoms with Crippen LogP contribution in [0.5, 0.6) is 5.75 Å². The van der Waals surface area contributed by atoms with E-state index >= 15 is 0 Å². The van der Waals surface area contributed by atoms with Gasteiger partial charge in [0.1, 0.15) is 11.3 Å². The van der Waals surface area contributed by atoms with Crippen LogP contribution in [0.2, 0.25) is 5.02 Å². The summed E-state index contributed by atoms with van der Waals surface area (Å²) in [6.07, 6.45) is -1.21. The molecule has 0 aliphatic rings. The van der Waals surface area contributed by atoms with Crippen LogP contribution in [0.25, 0.3) is 0 Å². The summed E-state index contributed by atoms with van der Waals surface area (Å²) in [6, 6.07) is 3.12. The second-order valence-electron chi connectivity index (χ2n) is 3.78. The number of aromatic hydroxyl groups is 1. The van der Waals surface area contributed by atoms with Crippen LogP contribution in [0.3, 0.4) is 0 Å². The Bertz CT molecular complexity index is 547. The highest BCUT2D eigenvalue weighted by atomic mass is 35.5. The van der Waals surface area contributed by atoms with Gasteiger partial charge in [0.05, 0.1) is 0 Å². The first kappa shape index (κ1) is 15.8. The largest absolute Gasteiger partial charge is 0.507 e. The van der Waals surface area contributed by atoms with Gasteiger partial charge in [-0.15, -0.1) is 0 Å². The predicted octanol–water partition coefficient (Wildman–Crippen LogP) is 1.05. The van der Waals surface area contributed by atoms with Crippen LogP contribution < -0.4 is 10.6 Å². The van der Waals surface area contributed by atoms with E-state index in [2.05, 4.69) is 5.32 Å². The number of phenolic OH excluding ortho intramolecular Hbond substituents is 1. The van der Waals surface area contributed by atoms with Crippen molar-refractivity contribution >= 4 is 29.5 Å². The summed E-state index contributed by atoms with van der Waals surface area (Å²) in [5.41, 5.74) is -0.169. The molecule has 0 aliphatic carbocycles. The van der Waals surface area contributed by atoms with Gasteiger partial charge >= 0.3 is 12.0 Å². The molecule has 20 heavy (non-hydrogen) atoms. The lowest BCUT2D eigenvalue weighted by Crippen LogP contribution is -2.43. The Morgan fingerprint density at radius 1 is 1.35 bits per heavy atom. The van der Waals surface area contributed by atoms with Crippen molar-refractivity contribution in [1.82, 2.24) is 10.6 Å². The number of carbonyl (C=O) groups is 3. The predicted molar refractivity (Wildman–Crippen MR) is 70.6 cm³/mol. The van der Waals surface area contributed by atoms with Crippen LogP contribution in [-0.4, -0.2) is 36.2 Å². The number of phenols is 1. The SMILES string of the molecule is CNC(=O)NC(=O)[C@H](C)OC(=O)c1cc(Cl)ccc1O. The first-order valence-corrected chi connectivity index (χ1v) is 5.95. The van der Waals surface area contributed by atoms with E-state index in [-0.39, 0.29) is 16.3 Å². The van der Waals surface area contributed by atoms with Crippen molar-refractivity contribution in [2.75, 3.05) is 7.05 Å². The highest BCUT2D eigenvalue weighted by Gasteiger charge is 2.22. The maximum Gasteiger partial charge on any atom is 0.342 e. The van der Waals surface area contributed by atoms with Gasteiger partial charge < -0.3 is 15.2 Å². The number of imide groups is 1. The Morgan fingerprint density at radius 3 is 2.60 bits per heavy atom. The Morgan fingerprint density at radius 2 is 2.00 bits per heavy atom. The van der Waals surface area contributed by atoms with E-state index in [0.29, 0.717) is 0 Å². The van der Waals surface area contributed by atoms with Crippen molar-refractivity contribution in [3.63, 3.8) is 0 Å². The molecular weight excluding hydrogens is 288 g/mol. The molecule has 0 saturated carbocycles. The first-order valence-electron chi connectivity index (χ1n) is 5.57. The molecule has 0 spiro atoms. The highest BCUT2D eigenvalue weighted by Crippen LogP contribution is 2.22. The van der Waals surface area contributed by atoms with Crippen molar-refractivity contribution in [2.24, 2.45) is 0 Å². The molecule has 0 aliphatic heterocycles. The molecule has 0 fully saturated rings. The minimum Gasteiger partial charge on any atom is -0.507 e. The van der Waals surface area contributed by atoms with Crippen molar-refractivity contribution < 1.29 is 24.2 Å². The Labute approximate surface area is 119 Å². The number of benzene rings is 1. The molecule has 1 aromatic carbocycles. The third kappa shape index (κ3) is 4.13. The molecule has 8 heteroatoms. The molecule has 7 nitrogen and oxygen atoms in total. The van der Waals surface area contributed by atoms with Crippen LogP contribution in [-0.2, 0) is 9.53 Å². The number of rotatable bonds is 3. The molecule has 0 aromatic heterocycles. The van der Waals surface area contributed by atoms with Gasteiger partial charge in [0.25, 0.3) is 5.91 Å². The maximum atomic E-state index is 11.8. The molecule has 1 aromatic rings. The molecule has 3 N–H and O–H groups in total. The monoisotopic (exact) mass is 300 g/mol. The number of ether oxygens (including phenoxy) is 1. The van der Waals surface area contributed by atoms with Crippen LogP contribution >= 0.6 is 11.6 Å². The maximum absolute atomic E-state index is 11.8. The molecule has 3 amide bonds. The van der Waals surface area contributed by atoms with E-state index in [1.807, 2.05) is 5.32 Å². The zero-order chi connectivity index (χ0) is 15.3. The second-order valence-corrected chi connectivity index (χ2v) is 4.21. The molecule has 0 heterocycles. The van der Waals surface area contributed by atoms with Crippen LogP contribution in [0, 0.1) is 0 Å². The van der Waals surface area contributed by atoms with Gasteiger partial charge in [-0.1, -0.05) is 11.6 Å². The fraction of sp³-hybridized carbons (Fsp3) is 0.250. The smallest absolute Gasteiger partial charge is 0.342 e. The summed E-state index contributed by atoms with van der Waals surface area (Å²) in [5, 5.41) is 13.9. The van der Waals surface area contributed by atoms with Gasteiger partial charge in [-0.05, 0) is 25.1 Å². The van der Waals surface area contributed by atoms with E-state index in [1.165, 1.54) is 32.2 Å². The fourth-order valence-electron chi connectivity index (χ4n) is 1.23. The number of amides is 3. The average Bonchev–Trinajstić information content (AvgIpc) is 2.40. The lowest BCUT2D eigenvalue weighted by molar-refractivity contribution is -0.127. The fourth-order valence-corrected chi connectivity index (χ4v) is 1.40. The number of esters is 1. The molecule has 1 rings (SSSR count). The summed E-state index contributed by atoms with van der Waals surface area (Å²) in [6.45, 7) is 1.29. The van der Waals surface area contributed by atoms with Crippen molar-refractivity contribution in [2.45, 2.75) is 13.0 Å². The van der Waals surface area contributed by atoms with Crippen LogP contribution in [0.1, 0.15) is 17.3 Å². The number of hydrogen-bond donors (Lipinski definition) is 3. The van der Waals surface area contributed by atoms with Gasteiger partial charge in [-0.25, -0.2) is 9.59 Å². The molecule has 0 unspecified atom stereocenters. The minimum atomic E-state index is -1.21. The molecular formula is C12H13ClN2O5. The van der Waals surface area contributed by atoms with Crippen molar-refractivity contribution in [1.29, 1.82) is 0 Å². The van der Waals surface area contributed by atoms with E-state index in [0.717, 1.165) is 0 Å².